The molecule has 0 aromatic carbocycles. The van der Waals surface area contributed by atoms with E-state index >= 15 is 0 Å². The summed E-state index contributed by atoms with van der Waals surface area (Å²) in [6.07, 6.45) is 10.1. The van der Waals surface area contributed by atoms with Gasteiger partial charge in [0, 0.05) is 18.6 Å². The van der Waals surface area contributed by atoms with E-state index in [0.717, 1.165) is 5.69 Å². The largest absolute Gasteiger partial charge is 0.314 e. The summed E-state index contributed by atoms with van der Waals surface area (Å²) < 4.78 is 1.78. The van der Waals surface area contributed by atoms with Crippen molar-refractivity contribution in [1.82, 2.24) is 25.0 Å². The van der Waals surface area contributed by atoms with Crippen LogP contribution in [0, 0.1) is 0 Å². The second kappa shape index (κ2) is 6.20. The number of hydrogen-bond donors (Lipinski definition) is 0. The Balaban J connectivity index is 0.000000151. The molecule has 0 amide bonds. The summed E-state index contributed by atoms with van der Waals surface area (Å²) in [6, 6.07) is 1.74. The van der Waals surface area contributed by atoms with Gasteiger partial charge in [0.15, 0.2) is 0 Å². The van der Waals surface area contributed by atoms with Crippen LogP contribution in [0.15, 0.2) is 44.1 Å². The molecular weight excluding hydrogens is 190 g/mol. The lowest BCUT2D eigenvalue weighted by Crippen LogP contribution is -1.85. The van der Waals surface area contributed by atoms with Crippen molar-refractivity contribution in [1.29, 1.82) is 0 Å². The van der Waals surface area contributed by atoms with Gasteiger partial charge < -0.3 is 4.57 Å². The maximum Gasteiger partial charge on any atom is 0.0986 e. The topological polar surface area (TPSA) is 56.5 Å². The van der Waals surface area contributed by atoms with Crippen LogP contribution in [0.2, 0.25) is 0 Å². The molecule has 2 aromatic rings. The van der Waals surface area contributed by atoms with Crippen LogP contribution >= 0.6 is 0 Å². The molecule has 0 unspecified atom stereocenters. The number of rotatable bonds is 2. The van der Waals surface area contributed by atoms with Gasteiger partial charge in [-0.15, -0.1) is 10.2 Å². The zero-order valence-corrected chi connectivity index (χ0v) is 8.19. The van der Waals surface area contributed by atoms with E-state index in [1.54, 1.807) is 41.6 Å². The Bertz CT molecular complexity index is 393. The first-order valence-electron chi connectivity index (χ1n) is 4.23. The molecule has 0 fully saturated rings. The predicted molar refractivity (Wildman–Crippen MR) is 58.5 cm³/mol. The zero-order valence-electron chi connectivity index (χ0n) is 8.19. The lowest BCUT2D eigenvalue weighted by Gasteiger charge is -1.81. The molecule has 0 aliphatic heterocycles. The quantitative estimate of drug-likeness (QED) is 0.738. The Hall–Kier alpha value is -2.30. The second-order valence-electron chi connectivity index (χ2n) is 2.44. The van der Waals surface area contributed by atoms with Gasteiger partial charge in [0.05, 0.1) is 18.2 Å². The summed E-state index contributed by atoms with van der Waals surface area (Å²) in [7, 11) is 0. The summed E-state index contributed by atoms with van der Waals surface area (Å²) in [5.41, 5.74) is 0.750. The first-order valence-corrected chi connectivity index (χ1v) is 4.23. The van der Waals surface area contributed by atoms with Crippen LogP contribution in [0.3, 0.4) is 0 Å². The molecular formula is C10H11N5. The fourth-order valence-electron chi connectivity index (χ4n) is 0.737. The van der Waals surface area contributed by atoms with Crippen LogP contribution in [0.25, 0.3) is 12.3 Å². The first-order chi connectivity index (χ1) is 7.36. The maximum absolute atomic E-state index is 3.78. The Morgan fingerprint density at radius 1 is 1.27 bits per heavy atom. The van der Waals surface area contributed by atoms with Gasteiger partial charge in [-0.05, 0) is 17.4 Å². The highest BCUT2D eigenvalue weighted by Gasteiger charge is 1.80. The first kappa shape index (κ1) is 10.8. The van der Waals surface area contributed by atoms with Crippen molar-refractivity contribution in [3.8, 4) is 0 Å². The summed E-state index contributed by atoms with van der Waals surface area (Å²) in [5, 5.41) is 10.5. The molecule has 0 bridgehead atoms. The van der Waals surface area contributed by atoms with E-state index in [0.29, 0.717) is 0 Å². The van der Waals surface area contributed by atoms with E-state index in [2.05, 4.69) is 33.6 Å². The predicted octanol–water partition coefficient (Wildman–Crippen LogP) is 1.50. The molecule has 0 spiro atoms. The molecule has 0 radical (unpaired) electrons. The van der Waals surface area contributed by atoms with Crippen LogP contribution in [0.4, 0.5) is 0 Å². The van der Waals surface area contributed by atoms with E-state index in [1.165, 1.54) is 0 Å². The fraction of sp³-hybridized carbons (Fsp3) is 0. The molecule has 2 heterocycles. The number of aromatic nitrogens is 5. The molecule has 0 atom stereocenters. The summed E-state index contributed by atoms with van der Waals surface area (Å²) >= 11 is 0. The third-order valence-corrected chi connectivity index (χ3v) is 1.47. The van der Waals surface area contributed by atoms with Crippen molar-refractivity contribution in [2.45, 2.75) is 0 Å². The van der Waals surface area contributed by atoms with Crippen LogP contribution in [-0.2, 0) is 0 Å². The standard InChI is InChI=1S/C5H5N3.C5H6N2/c1-2-5-3-4-6-8-7-5;1-2-7-4-3-6-5-7/h2-4H,1H2;2-5H,1H2. The molecule has 5 nitrogen and oxygen atoms in total. The van der Waals surface area contributed by atoms with Gasteiger partial charge in [-0.25, -0.2) is 4.98 Å². The normalized spacial score (nSPS) is 8.53. The minimum absolute atomic E-state index is 0.750. The highest BCUT2D eigenvalue weighted by atomic mass is 15.3. The van der Waals surface area contributed by atoms with Gasteiger partial charge in [0.1, 0.15) is 0 Å². The van der Waals surface area contributed by atoms with E-state index in [4.69, 9.17) is 0 Å². The third kappa shape index (κ3) is 3.95. The third-order valence-electron chi connectivity index (χ3n) is 1.47. The Kier molecular flexibility index (Phi) is 4.45. The van der Waals surface area contributed by atoms with Crippen molar-refractivity contribution in [3.63, 3.8) is 0 Å². The molecule has 0 aliphatic carbocycles. The van der Waals surface area contributed by atoms with Gasteiger partial charge in [-0.1, -0.05) is 13.2 Å². The fourth-order valence-corrected chi connectivity index (χ4v) is 0.737. The summed E-state index contributed by atoms with van der Waals surface area (Å²) in [4.78, 5) is 3.78. The SMILES string of the molecule is C=Cc1ccnnn1.C=Cn1ccnc1. The smallest absolute Gasteiger partial charge is 0.0986 e. The molecule has 0 aliphatic rings. The lowest BCUT2D eigenvalue weighted by atomic mass is 10.4. The van der Waals surface area contributed by atoms with Gasteiger partial charge in [-0.2, -0.15) is 0 Å². The number of hydrogen-bond acceptors (Lipinski definition) is 4. The minimum Gasteiger partial charge on any atom is -0.314 e. The molecule has 5 heteroatoms. The minimum atomic E-state index is 0.750. The summed E-state index contributed by atoms with van der Waals surface area (Å²) in [6.45, 7) is 7.03. The molecule has 15 heavy (non-hydrogen) atoms. The highest BCUT2D eigenvalue weighted by molar-refractivity contribution is 5.38. The average Bonchev–Trinajstić information content (AvgIpc) is 2.84. The molecule has 76 valence electrons. The van der Waals surface area contributed by atoms with Crippen molar-refractivity contribution < 1.29 is 0 Å². The van der Waals surface area contributed by atoms with Crippen molar-refractivity contribution in [2.75, 3.05) is 0 Å². The second-order valence-corrected chi connectivity index (χ2v) is 2.44. The molecule has 2 aromatic heterocycles. The average molecular weight is 201 g/mol. The summed E-state index contributed by atoms with van der Waals surface area (Å²) in [5.74, 6) is 0. The lowest BCUT2D eigenvalue weighted by molar-refractivity contribution is 0.858. The van der Waals surface area contributed by atoms with Gasteiger partial charge in [-0.3, -0.25) is 0 Å². The van der Waals surface area contributed by atoms with Gasteiger partial charge in [0.25, 0.3) is 0 Å². The van der Waals surface area contributed by atoms with E-state index < -0.39 is 0 Å². The molecule has 0 N–H and O–H groups in total. The zero-order chi connectivity index (χ0) is 10.9. The van der Waals surface area contributed by atoms with Gasteiger partial charge >= 0.3 is 0 Å². The monoisotopic (exact) mass is 201 g/mol. The van der Waals surface area contributed by atoms with Crippen LogP contribution in [-0.4, -0.2) is 25.0 Å². The van der Waals surface area contributed by atoms with Gasteiger partial charge in [0.2, 0.25) is 0 Å². The molecule has 0 saturated heterocycles. The van der Waals surface area contributed by atoms with E-state index in [1.807, 2.05) is 6.20 Å². The number of imidazole rings is 1. The van der Waals surface area contributed by atoms with E-state index in [9.17, 15) is 0 Å². The number of nitrogens with zero attached hydrogens (tertiary/aromatic N) is 5. The van der Waals surface area contributed by atoms with Crippen molar-refractivity contribution >= 4 is 12.3 Å². The van der Waals surface area contributed by atoms with Crippen LogP contribution in [0.1, 0.15) is 5.69 Å². The molecule has 2 rings (SSSR count). The maximum atomic E-state index is 3.78. The Labute approximate surface area is 87.8 Å². The molecule has 0 saturated carbocycles. The van der Waals surface area contributed by atoms with E-state index in [-0.39, 0.29) is 0 Å². The van der Waals surface area contributed by atoms with Crippen LogP contribution < -0.4 is 0 Å². The Morgan fingerprint density at radius 2 is 2.13 bits per heavy atom. The van der Waals surface area contributed by atoms with Crippen molar-refractivity contribution in [3.05, 3.63) is 49.8 Å². The highest BCUT2D eigenvalue weighted by Crippen LogP contribution is 1.87. The Morgan fingerprint density at radius 3 is 2.47 bits per heavy atom. The van der Waals surface area contributed by atoms with Crippen molar-refractivity contribution in [2.24, 2.45) is 0 Å². The van der Waals surface area contributed by atoms with Crippen LogP contribution in [0.5, 0.6) is 0 Å².